The van der Waals surface area contributed by atoms with Crippen molar-refractivity contribution in [3.05, 3.63) is 12.1 Å². The molecule has 144 valence electrons. The van der Waals surface area contributed by atoms with Crippen LogP contribution in [0, 0.1) is 0 Å². The minimum Gasteiger partial charge on any atom is -0.508 e. The Morgan fingerprint density at radius 2 is 0.920 bits per heavy atom. The number of carboxylic acid groups (broad SMARTS) is 4. The zero-order valence-corrected chi connectivity index (χ0v) is 13.4. The number of phenols is 4. The van der Waals surface area contributed by atoms with Crippen LogP contribution in [-0.2, 0) is 19.2 Å². The fraction of sp³-hybridized carbons (Fsp3) is 0.231. The zero-order chi connectivity index (χ0) is 21.2. The Bertz CT molecular complexity index is 474. The standard InChI is InChI=1S/C6H6O4.3C2H4O2.CH2O2/c7-3-1-4(8)6(10)5(9)2-3;3*1-2(3)4;2-1-3/h1-2,7-10H;3*1H3,(H,3,4);1H,(H,2,3). The Morgan fingerprint density at radius 1 is 0.760 bits per heavy atom. The first-order valence-corrected chi connectivity index (χ1v) is 5.83. The van der Waals surface area contributed by atoms with Crippen molar-refractivity contribution in [1.29, 1.82) is 0 Å². The molecule has 25 heavy (non-hydrogen) atoms. The number of hydrogen-bond donors (Lipinski definition) is 8. The summed E-state index contributed by atoms with van der Waals surface area (Å²) in [6, 6.07) is 1.85. The maximum absolute atomic E-state index is 9.00. The Morgan fingerprint density at radius 3 is 1.08 bits per heavy atom. The summed E-state index contributed by atoms with van der Waals surface area (Å²) < 4.78 is 0. The van der Waals surface area contributed by atoms with E-state index in [-0.39, 0.29) is 12.2 Å². The molecule has 0 bridgehead atoms. The molecule has 8 N–H and O–H groups in total. The largest absolute Gasteiger partial charge is 0.508 e. The Labute approximate surface area is 141 Å². The minimum absolute atomic E-state index is 0.250. The van der Waals surface area contributed by atoms with Crippen molar-refractivity contribution >= 4 is 24.4 Å². The normalized spacial score (nSPS) is 7.32. The Hall–Kier alpha value is -3.70. The Kier molecular flexibility index (Phi) is 21.5. The molecule has 0 fully saturated rings. The van der Waals surface area contributed by atoms with Crippen LogP contribution in [0.2, 0.25) is 0 Å². The van der Waals surface area contributed by atoms with E-state index >= 15 is 0 Å². The average molecular weight is 368 g/mol. The molecule has 1 rings (SSSR count). The van der Waals surface area contributed by atoms with Gasteiger partial charge in [0, 0.05) is 32.9 Å². The maximum Gasteiger partial charge on any atom is 0.300 e. The minimum atomic E-state index is -0.833. The topological polar surface area (TPSA) is 230 Å². The first-order chi connectivity index (χ1) is 11.2. The number of aliphatic carboxylic acids is 3. The van der Waals surface area contributed by atoms with E-state index in [1.807, 2.05) is 0 Å². The molecule has 0 unspecified atom stereocenters. The van der Waals surface area contributed by atoms with Crippen LogP contribution in [0.4, 0.5) is 0 Å². The SMILES string of the molecule is CC(=O)O.CC(=O)O.CC(=O)O.O=CO.Oc1cc(O)c(O)c(O)c1. The van der Waals surface area contributed by atoms with Gasteiger partial charge in [0.1, 0.15) is 5.75 Å². The van der Waals surface area contributed by atoms with Crippen LogP contribution in [-0.4, -0.2) is 65.2 Å². The van der Waals surface area contributed by atoms with Gasteiger partial charge >= 0.3 is 0 Å². The van der Waals surface area contributed by atoms with Crippen molar-refractivity contribution in [2.24, 2.45) is 0 Å². The van der Waals surface area contributed by atoms with Gasteiger partial charge in [0.15, 0.2) is 11.5 Å². The van der Waals surface area contributed by atoms with Crippen LogP contribution in [0.5, 0.6) is 23.0 Å². The molecule has 0 saturated heterocycles. The van der Waals surface area contributed by atoms with Crippen LogP contribution in [0.3, 0.4) is 0 Å². The molecule has 12 heteroatoms. The number of carbonyl (C=O) groups is 4. The number of hydrogen-bond acceptors (Lipinski definition) is 8. The predicted molar refractivity (Wildman–Crippen MR) is 81.7 cm³/mol. The number of aromatic hydroxyl groups is 4. The maximum atomic E-state index is 9.00. The van der Waals surface area contributed by atoms with Crippen LogP contribution in [0.15, 0.2) is 12.1 Å². The second-order valence-electron chi connectivity index (χ2n) is 3.50. The Balaban J connectivity index is -0.000000125. The molecule has 1 aromatic rings. The molecule has 0 amide bonds. The lowest BCUT2D eigenvalue weighted by atomic mass is 10.3. The lowest BCUT2D eigenvalue weighted by molar-refractivity contribution is -0.135. The van der Waals surface area contributed by atoms with Gasteiger partial charge in [-0.2, -0.15) is 0 Å². The van der Waals surface area contributed by atoms with E-state index in [1.165, 1.54) is 0 Å². The van der Waals surface area contributed by atoms with Gasteiger partial charge in [-0.25, -0.2) is 0 Å². The van der Waals surface area contributed by atoms with E-state index in [1.54, 1.807) is 0 Å². The molecule has 0 aromatic heterocycles. The summed E-state index contributed by atoms with van der Waals surface area (Å²) in [4.78, 5) is 35.4. The van der Waals surface area contributed by atoms with Crippen molar-refractivity contribution in [3.8, 4) is 23.0 Å². The highest BCUT2D eigenvalue weighted by molar-refractivity contribution is 5.63. The van der Waals surface area contributed by atoms with Crippen LogP contribution in [0.1, 0.15) is 20.8 Å². The highest BCUT2D eigenvalue weighted by Crippen LogP contribution is 2.37. The summed E-state index contributed by atoms with van der Waals surface area (Å²) in [7, 11) is 0. The van der Waals surface area contributed by atoms with Crippen molar-refractivity contribution in [2.45, 2.75) is 20.8 Å². The molecular formula is C13H20O12. The summed E-state index contributed by atoms with van der Waals surface area (Å²) in [6.07, 6.45) is 0. The molecule has 0 heterocycles. The number of rotatable bonds is 0. The van der Waals surface area contributed by atoms with E-state index < -0.39 is 35.2 Å². The van der Waals surface area contributed by atoms with Gasteiger partial charge in [0.25, 0.3) is 24.4 Å². The number of carboxylic acids is 3. The number of benzene rings is 1. The molecule has 1 aromatic carbocycles. The smallest absolute Gasteiger partial charge is 0.300 e. The summed E-state index contributed by atoms with van der Waals surface area (Å²) in [6.45, 7) is 3.00. The summed E-state index contributed by atoms with van der Waals surface area (Å²) in [5.74, 6) is -4.51. The zero-order valence-electron chi connectivity index (χ0n) is 13.4. The third-order valence-electron chi connectivity index (χ3n) is 1.05. The van der Waals surface area contributed by atoms with Gasteiger partial charge in [-0.1, -0.05) is 0 Å². The number of phenolic OH excluding ortho intramolecular Hbond substituents is 4. The molecule has 0 aliphatic heterocycles. The second kappa shape index (κ2) is 18.3. The van der Waals surface area contributed by atoms with E-state index in [0.29, 0.717) is 0 Å². The van der Waals surface area contributed by atoms with Gasteiger partial charge in [-0.05, 0) is 0 Å². The summed E-state index contributed by atoms with van der Waals surface area (Å²) in [5.41, 5.74) is 0. The van der Waals surface area contributed by atoms with Crippen LogP contribution in [0.25, 0.3) is 0 Å². The van der Waals surface area contributed by atoms with E-state index in [2.05, 4.69) is 0 Å². The van der Waals surface area contributed by atoms with Gasteiger partial charge in [0.05, 0.1) is 0 Å². The van der Waals surface area contributed by atoms with Gasteiger partial charge in [-0.15, -0.1) is 0 Å². The molecule has 0 aliphatic rings. The summed E-state index contributed by atoms with van der Waals surface area (Å²) in [5, 5.41) is 64.0. The second-order valence-corrected chi connectivity index (χ2v) is 3.50. The fourth-order valence-corrected chi connectivity index (χ4v) is 0.590. The third-order valence-corrected chi connectivity index (χ3v) is 1.05. The monoisotopic (exact) mass is 368 g/mol. The van der Waals surface area contributed by atoms with Gasteiger partial charge < -0.3 is 40.9 Å². The predicted octanol–water partition coefficient (Wildman–Crippen LogP) is 0.482. The molecule has 0 spiro atoms. The fourth-order valence-electron chi connectivity index (χ4n) is 0.590. The molecule has 0 radical (unpaired) electrons. The molecular weight excluding hydrogens is 348 g/mol. The van der Waals surface area contributed by atoms with Crippen molar-refractivity contribution in [2.75, 3.05) is 0 Å². The molecule has 0 saturated carbocycles. The molecule has 0 atom stereocenters. The average Bonchev–Trinajstić information content (AvgIpc) is 2.34. The summed E-state index contributed by atoms with van der Waals surface area (Å²) >= 11 is 0. The highest BCUT2D eigenvalue weighted by Gasteiger charge is 2.05. The van der Waals surface area contributed by atoms with Gasteiger partial charge in [0.2, 0.25) is 5.75 Å². The lowest BCUT2D eigenvalue weighted by Crippen LogP contribution is -1.78. The van der Waals surface area contributed by atoms with E-state index in [0.717, 1.165) is 32.9 Å². The highest BCUT2D eigenvalue weighted by atomic mass is 16.4. The quantitative estimate of drug-likeness (QED) is 0.177. The first-order valence-electron chi connectivity index (χ1n) is 5.83. The van der Waals surface area contributed by atoms with Crippen molar-refractivity contribution < 1.29 is 60.0 Å². The van der Waals surface area contributed by atoms with Gasteiger partial charge in [-0.3, -0.25) is 19.2 Å². The van der Waals surface area contributed by atoms with Crippen molar-refractivity contribution in [3.63, 3.8) is 0 Å². The molecule has 12 nitrogen and oxygen atoms in total. The first kappa shape index (κ1) is 29.3. The third kappa shape index (κ3) is 44.9. The van der Waals surface area contributed by atoms with Crippen LogP contribution >= 0.6 is 0 Å². The van der Waals surface area contributed by atoms with Crippen LogP contribution < -0.4 is 0 Å². The molecule has 0 aliphatic carbocycles. The lowest BCUT2D eigenvalue weighted by Gasteiger charge is -1.99. The van der Waals surface area contributed by atoms with E-state index in [9.17, 15) is 0 Å². The van der Waals surface area contributed by atoms with Crippen molar-refractivity contribution in [1.82, 2.24) is 0 Å². The van der Waals surface area contributed by atoms with E-state index in [4.69, 9.17) is 60.0 Å².